The number of nitrogens with one attached hydrogen (secondary N) is 2. The minimum atomic E-state index is -0.356. The minimum Gasteiger partial charge on any atom is -0.457 e. The highest BCUT2D eigenvalue weighted by molar-refractivity contribution is 5.89. The van der Waals surface area contributed by atoms with Gasteiger partial charge in [-0.1, -0.05) is 6.07 Å². The Kier molecular flexibility index (Phi) is 6.62. The van der Waals surface area contributed by atoms with Crippen molar-refractivity contribution in [2.24, 2.45) is 0 Å². The van der Waals surface area contributed by atoms with Gasteiger partial charge in [0.25, 0.3) is 0 Å². The monoisotopic (exact) mass is 468 g/mol. The molecule has 1 aliphatic heterocycles. The molecule has 0 aliphatic carbocycles. The zero-order valence-corrected chi connectivity index (χ0v) is 19.2. The maximum atomic E-state index is 12.3. The van der Waals surface area contributed by atoms with Gasteiger partial charge in [-0.3, -0.25) is 4.98 Å². The van der Waals surface area contributed by atoms with Gasteiger partial charge in [-0.2, -0.15) is 0 Å². The van der Waals surface area contributed by atoms with Crippen molar-refractivity contribution in [3.63, 3.8) is 0 Å². The quantitative estimate of drug-likeness (QED) is 0.391. The van der Waals surface area contributed by atoms with Crippen LogP contribution in [0.2, 0.25) is 0 Å². The van der Waals surface area contributed by atoms with Crippen LogP contribution in [0.4, 0.5) is 11.6 Å². The molecule has 10 nitrogen and oxygen atoms in total. The SMILES string of the molecule is Cc1cccc(-c2nccc(Nc3ccnc(Cc4ccc(C(=O)O[C@@H]5CCNC5)cn4)n3)n2)n1. The summed E-state index contributed by atoms with van der Waals surface area (Å²) in [5, 5.41) is 6.37. The zero-order chi connectivity index (χ0) is 24.0. The van der Waals surface area contributed by atoms with E-state index in [4.69, 9.17) is 4.74 Å². The molecule has 0 saturated carbocycles. The molecule has 1 atom stereocenters. The fourth-order valence-electron chi connectivity index (χ4n) is 3.66. The average Bonchev–Trinajstić information content (AvgIpc) is 3.38. The Hall–Kier alpha value is -4.31. The summed E-state index contributed by atoms with van der Waals surface area (Å²) in [5.41, 5.74) is 2.78. The molecule has 0 amide bonds. The van der Waals surface area contributed by atoms with Crippen LogP contribution in [0.3, 0.4) is 0 Å². The molecular weight excluding hydrogens is 444 g/mol. The highest BCUT2D eigenvalue weighted by atomic mass is 16.5. The molecule has 4 aromatic rings. The summed E-state index contributed by atoms with van der Waals surface area (Å²) < 4.78 is 5.48. The molecule has 0 bridgehead atoms. The molecular formula is C25H24N8O2. The predicted octanol–water partition coefficient (Wildman–Crippen LogP) is 2.89. The van der Waals surface area contributed by atoms with E-state index in [-0.39, 0.29) is 12.1 Å². The van der Waals surface area contributed by atoms with Gasteiger partial charge >= 0.3 is 5.97 Å². The normalized spacial score (nSPS) is 15.1. The molecule has 1 saturated heterocycles. The number of pyridine rings is 2. The van der Waals surface area contributed by atoms with Crippen LogP contribution in [-0.4, -0.2) is 55.1 Å². The number of carbonyl (C=O) groups is 1. The van der Waals surface area contributed by atoms with Crippen molar-refractivity contribution in [2.75, 3.05) is 18.4 Å². The summed E-state index contributed by atoms with van der Waals surface area (Å²) in [4.78, 5) is 38.9. The topological polar surface area (TPSA) is 128 Å². The highest BCUT2D eigenvalue weighted by Crippen LogP contribution is 2.17. The predicted molar refractivity (Wildman–Crippen MR) is 129 cm³/mol. The summed E-state index contributed by atoms with van der Waals surface area (Å²) >= 11 is 0. The van der Waals surface area contributed by atoms with Crippen LogP contribution in [0, 0.1) is 6.92 Å². The van der Waals surface area contributed by atoms with Crippen molar-refractivity contribution < 1.29 is 9.53 Å². The van der Waals surface area contributed by atoms with Crippen LogP contribution in [0.25, 0.3) is 11.5 Å². The van der Waals surface area contributed by atoms with Crippen molar-refractivity contribution in [1.82, 2.24) is 35.2 Å². The van der Waals surface area contributed by atoms with E-state index in [0.29, 0.717) is 47.5 Å². The zero-order valence-electron chi connectivity index (χ0n) is 19.2. The van der Waals surface area contributed by atoms with E-state index in [0.717, 1.165) is 24.4 Å². The van der Waals surface area contributed by atoms with Gasteiger partial charge in [0.2, 0.25) is 0 Å². The Morgan fingerprint density at radius 3 is 2.66 bits per heavy atom. The molecule has 2 N–H and O–H groups in total. The molecule has 1 aliphatic rings. The van der Waals surface area contributed by atoms with Crippen LogP contribution in [-0.2, 0) is 11.2 Å². The van der Waals surface area contributed by atoms with E-state index in [9.17, 15) is 4.79 Å². The van der Waals surface area contributed by atoms with Crippen molar-refractivity contribution in [3.05, 3.63) is 83.8 Å². The first-order valence-electron chi connectivity index (χ1n) is 11.3. The van der Waals surface area contributed by atoms with Crippen LogP contribution >= 0.6 is 0 Å². The van der Waals surface area contributed by atoms with Gasteiger partial charge in [-0.15, -0.1) is 0 Å². The molecule has 0 unspecified atom stereocenters. The maximum Gasteiger partial charge on any atom is 0.340 e. The molecule has 5 rings (SSSR count). The third kappa shape index (κ3) is 5.79. The number of esters is 1. The number of rotatable bonds is 7. The van der Waals surface area contributed by atoms with Gasteiger partial charge in [0, 0.05) is 36.5 Å². The largest absolute Gasteiger partial charge is 0.457 e. The van der Waals surface area contributed by atoms with E-state index in [2.05, 4.69) is 40.5 Å². The number of nitrogens with zero attached hydrogens (tertiary/aromatic N) is 6. The Balaban J connectivity index is 1.24. The van der Waals surface area contributed by atoms with Gasteiger partial charge in [-0.25, -0.2) is 29.7 Å². The summed E-state index contributed by atoms with van der Waals surface area (Å²) in [6, 6.07) is 12.8. The van der Waals surface area contributed by atoms with E-state index >= 15 is 0 Å². The number of anilines is 2. The molecule has 10 heteroatoms. The number of ether oxygens (including phenoxy) is 1. The third-order valence-electron chi connectivity index (χ3n) is 5.42. The molecule has 35 heavy (non-hydrogen) atoms. The standard InChI is InChI=1S/C25H24N8O2/c1-16-3-2-4-20(30-16)24-28-12-9-22(33-24)31-21-8-11-27-23(32-21)13-18-6-5-17(14-29-18)25(34)35-19-7-10-26-15-19/h2-6,8-9,11-12,14,19,26H,7,10,13,15H2,1H3,(H,27,28,31,32,33)/t19-/m1/s1. The van der Waals surface area contributed by atoms with Crippen molar-refractivity contribution in [2.45, 2.75) is 25.9 Å². The van der Waals surface area contributed by atoms with Gasteiger partial charge in [-0.05, 0) is 56.3 Å². The van der Waals surface area contributed by atoms with E-state index in [1.54, 1.807) is 36.7 Å². The highest BCUT2D eigenvalue weighted by Gasteiger charge is 2.20. The second-order valence-electron chi connectivity index (χ2n) is 8.15. The van der Waals surface area contributed by atoms with Crippen LogP contribution in [0.15, 0.2) is 61.1 Å². The van der Waals surface area contributed by atoms with Gasteiger partial charge in [0.05, 0.1) is 12.0 Å². The molecule has 1 fully saturated rings. The Morgan fingerprint density at radius 1 is 1.03 bits per heavy atom. The number of aryl methyl sites for hydroxylation is 1. The summed E-state index contributed by atoms with van der Waals surface area (Å²) in [6.45, 7) is 3.49. The first kappa shape index (κ1) is 22.5. The van der Waals surface area contributed by atoms with Crippen LogP contribution in [0.1, 0.15) is 34.0 Å². The average molecular weight is 469 g/mol. The van der Waals surface area contributed by atoms with Gasteiger partial charge in [0.15, 0.2) is 5.82 Å². The lowest BCUT2D eigenvalue weighted by molar-refractivity contribution is 0.0344. The fraction of sp³-hybridized carbons (Fsp3) is 0.240. The Bertz CT molecular complexity index is 1320. The number of carbonyl (C=O) groups excluding carboxylic acids is 1. The molecule has 0 spiro atoms. The van der Waals surface area contributed by atoms with E-state index in [1.165, 1.54) is 6.20 Å². The molecule has 0 aromatic carbocycles. The fourth-order valence-corrected chi connectivity index (χ4v) is 3.66. The van der Waals surface area contributed by atoms with Crippen LogP contribution in [0.5, 0.6) is 0 Å². The number of hydrogen-bond donors (Lipinski definition) is 2. The lowest BCUT2D eigenvalue weighted by atomic mass is 10.2. The smallest absolute Gasteiger partial charge is 0.340 e. The van der Waals surface area contributed by atoms with E-state index < -0.39 is 0 Å². The van der Waals surface area contributed by atoms with Crippen LogP contribution < -0.4 is 10.6 Å². The van der Waals surface area contributed by atoms with Gasteiger partial charge < -0.3 is 15.4 Å². The van der Waals surface area contributed by atoms with Crippen molar-refractivity contribution >= 4 is 17.6 Å². The summed E-state index contributed by atoms with van der Waals surface area (Å²) in [5.74, 6) is 1.96. The Morgan fingerprint density at radius 2 is 1.89 bits per heavy atom. The van der Waals surface area contributed by atoms with Crippen molar-refractivity contribution in [3.8, 4) is 11.5 Å². The minimum absolute atomic E-state index is 0.0788. The maximum absolute atomic E-state index is 12.3. The second kappa shape index (κ2) is 10.3. The summed E-state index contributed by atoms with van der Waals surface area (Å²) in [7, 11) is 0. The summed E-state index contributed by atoms with van der Waals surface area (Å²) in [6.07, 6.45) is 6.05. The molecule has 0 radical (unpaired) electrons. The number of aromatic nitrogens is 6. The van der Waals surface area contributed by atoms with E-state index in [1.807, 2.05) is 25.1 Å². The third-order valence-corrected chi connectivity index (χ3v) is 5.42. The van der Waals surface area contributed by atoms with Crippen molar-refractivity contribution in [1.29, 1.82) is 0 Å². The Labute approximate surface area is 202 Å². The lowest BCUT2D eigenvalue weighted by Gasteiger charge is -2.10. The number of hydrogen-bond acceptors (Lipinski definition) is 10. The molecule has 4 aromatic heterocycles. The molecule has 5 heterocycles. The first-order valence-corrected chi connectivity index (χ1v) is 11.3. The molecule has 176 valence electrons. The van der Waals surface area contributed by atoms with Gasteiger partial charge in [0.1, 0.15) is 29.3 Å². The second-order valence-corrected chi connectivity index (χ2v) is 8.15. The first-order chi connectivity index (χ1) is 17.1. The lowest BCUT2D eigenvalue weighted by Crippen LogP contribution is -2.21.